The highest BCUT2D eigenvalue weighted by atomic mass is 79.9. The van der Waals surface area contributed by atoms with Gasteiger partial charge in [-0.25, -0.2) is 15.0 Å². The maximum absolute atomic E-state index is 6.24. The number of thiophene rings is 1. The Morgan fingerprint density at radius 3 is 2.68 bits per heavy atom. The number of hydrogen-bond acceptors (Lipinski definition) is 6. The molecule has 0 unspecified atom stereocenters. The molecule has 0 aliphatic rings. The van der Waals surface area contributed by atoms with E-state index >= 15 is 0 Å². The van der Waals surface area contributed by atoms with Gasteiger partial charge in [-0.2, -0.15) is 0 Å². The first-order valence-corrected chi connectivity index (χ1v) is 10.7. The molecular formula is C19H13BrCl2N4OS. The van der Waals surface area contributed by atoms with E-state index in [0.717, 1.165) is 39.0 Å². The van der Waals surface area contributed by atoms with Crippen LogP contribution in [-0.4, -0.2) is 21.5 Å². The molecule has 0 saturated heterocycles. The van der Waals surface area contributed by atoms with Gasteiger partial charge in [-0.3, -0.25) is 0 Å². The lowest BCUT2D eigenvalue weighted by Crippen LogP contribution is -2.06. The molecule has 4 rings (SSSR count). The quantitative estimate of drug-likeness (QED) is 0.326. The third kappa shape index (κ3) is 4.38. The highest BCUT2D eigenvalue weighted by molar-refractivity contribution is 9.10. The van der Waals surface area contributed by atoms with E-state index in [1.54, 1.807) is 18.6 Å². The number of anilines is 1. The van der Waals surface area contributed by atoms with Crippen molar-refractivity contribution in [1.82, 2.24) is 15.0 Å². The molecule has 0 atom stereocenters. The second-order valence-electron chi connectivity index (χ2n) is 5.85. The predicted molar refractivity (Wildman–Crippen MR) is 118 cm³/mol. The lowest BCUT2D eigenvalue weighted by molar-refractivity contribution is 0.463. The Labute approximate surface area is 183 Å². The Balaban J connectivity index is 1.37. The van der Waals surface area contributed by atoms with Crippen molar-refractivity contribution in [2.45, 2.75) is 6.42 Å². The third-order valence-corrected chi connectivity index (χ3v) is 5.96. The molecule has 0 aliphatic carbocycles. The first-order valence-electron chi connectivity index (χ1n) is 8.29. The monoisotopic (exact) mass is 494 g/mol. The summed E-state index contributed by atoms with van der Waals surface area (Å²) < 4.78 is 6.54. The van der Waals surface area contributed by atoms with E-state index < -0.39 is 0 Å². The van der Waals surface area contributed by atoms with Gasteiger partial charge in [0.25, 0.3) is 0 Å². The molecule has 0 amide bonds. The molecule has 1 N–H and O–H groups in total. The topological polar surface area (TPSA) is 59.9 Å². The lowest BCUT2D eigenvalue weighted by atomic mass is 10.1. The summed E-state index contributed by atoms with van der Waals surface area (Å²) in [5, 5.41) is 7.20. The average Bonchev–Trinajstić information content (AvgIpc) is 3.07. The minimum absolute atomic E-state index is 0.375. The van der Waals surface area contributed by atoms with E-state index in [-0.39, 0.29) is 0 Å². The van der Waals surface area contributed by atoms with Crippen molar-refractivity contribution in [2.75, 3.05) is 11.9 Å². The summed E-state index contributed by atoms with van der Waals surface area (Å²) in [6, 6.07) is 9.56. The van der Waals surface area contributed by atoms with Gasteiger partial charge in [0.05, 0.1) is 10.4 Å². The Hall–Kier alpha value is -1.93. The second kappa shape index (κ2) is 8.61. The molecule has 28 heavy (non-hydrogen) atoms. The minimum Gasteiger partial charge on any atom is -0.438 e. The second-order valence-corrected chi connectivity index (χ2v) is 8.44. The molecule has 9 heteroatoms. The largest absolute Gasteiger partial charge is 0.438 e. The van der Waals surface area contributed by atoms with Gasteiger partial charge >= 0.3 is 0 Å². The van der Waals surface area contributed by atoms with Crippen molar-refractivity contribution in [1.29, 1.82) is 0 Å². The van der Waals surface area contributed by atoms with E-state index in [0.29, 0.717) is 21.7 Å². The van der Waals surface area contributed by atoms with Crippen molar-refractivity contribution in [3.63, 3.8) is 0 Å². The van der Waals surface area contributed by atoms with Gasteiger partial charge in [0, 0.05) is 22.6 Å². The maximum Gasteiger partial charge on any atom is 0.238 e. The first kappa shape index (κ1) is 19.4. The van der Waals surface area contributed by atoms with Crippen LogP contribution in [0.5, 0.6) is 11.6 Å². The molecule has 3 heterocycles. The van der Waals surface area contributed by atoms with Gasteiger partial charge in [0.15, 0.2) is 0 Å². The minimum atomic E-state index is 0.375. The molecule has 0 spiro atoms. The van der Waals surface area contributed by atoms with E-state index in [9.17, 15) is 0 Å². The Bertz CT molecular complexity index is 1120. The van der Waals surface area contributed by atoms with Crippen LogP contribution in [-0.2, 0) is 6.42 Å². The molecule has 3 aromatic heterocycles. The Morgan fingerprint density at radius 1 is 1.07 bits per heavy atom. The van der Waals surface area contributed by atoms with Crippen molar-refractivity contribution in [2.24, 2.45) is 0 Å². The van der Waals surface area contributed by atoms with Crippen LogP contribution in [0.15, 0.2) is 52.7 Å². The fourth-order valence-corrected chi connectivity index (χ4v) is 4.41. The molecule has 0 radical (unpaired) electrons. The number of nitrogens with zero attached hydrogens (tertiary/aromatic N) is 3. The number of nitrogens with one attached hydrogen (secondary N) is 1. The SMILES string of the molecule is Clc1cc(Br)cnc1Oc1ccc(CCNc2ncnc3scc(Cl)c23)cc1. The van der Waals surface area contributed by atoms with Gasteiger partial charge in [0.2, 0.25) is 5.88 Å². The summed E-state index contributed by atoms with van der Waals surface area (Å²) in [4.78, 5) is 13.6. The average molecular weight is 496 g/mol. The van der Waals surface area contributed by atoms with E-state index in [1.165, 1.54) is 11.3 Å². The zero-order chi connectivity index (χ0) is 19.5. The maximum atomic E-state index is 6.24. The van der Waals surface area contributed by atoms with Gasteiger partial charge < -0.3 is 10.1 Å². The van der Waals surface area contributed by atoms with Crippen LogP contribution in [0.4, 0.5) is 5.82 Å². The van der Waals surface area contributed by atoms with Crippen LogP contribution in [0.2, 0.25) is 10.0 Å². The first-order chi connectivity index (χ1) is 13.6. The standard InChI is InChI=1S/C19H13BrCl2N4OS/c20-12-7-14(21)18(24-8-12)27-13-3-1-11(2-4-13)5-6-23-17-16-15(22)9-28-19(16)26-10-25-17/h1-4,7-10H,5-6H2,(H,23,25,26). The molecule has 0 fully saturated rings. The number of aromatic nitrogens is 3. The Morgan fingerprint density at radius 2 is 1.89 bits per heavy atom. The summed E-state index contributed by atoms with van der Waals surface area (Å²) in [5.41, 5.74) is 1.16. The van der Waals surface area contributed by atoms with Crippen molar-refractivity contribution in [3.05, 3.63) is 68.3 Å². The van der Waals surface area contributed by atoms with Crippen LogP contribution in [0.25, 0.3) is 10.2 Å². The predicted octanol–water partition coefficient (Wildman–Crippen LogP) is 6.60. The van der Waals surface area contributed by atoms with Crippen LogP contribution < -0.4 is 10.1 Å². The normalized spacial score (nSPS) is 11.0. The molecule has 4 aromatic rings. The number of halogens is 3. The van der Waals surface area contributed by atoms with Crippen LogP contribution in [0, 0.1) is 0 Å². The number of ether oxygens (including phenoxy) is 1. The smallest absolute Gasteiger partial charge is 0.238 e. The number of rotatable bonds is 6. The third-order valence-electron chi connectivity index (χ3n) is 3.94. The van der Waals surface area contributed by atoms with Crippen LogP contribution in [0.3, 0.4) is 0 Å². The Kier molecular flexibility index (Phi) is 5.96. The van der Waals surface area contributed by atoms with Crippen LogP contribution >= 0.6 is 50.5 Å². The molecule has 0 bridgehead atoms. The van der Waals surface area contributed by atoms with Gasteiger partial charge in [0.1, 0.15) is 27.7 Å². The highest BCUT2D eigenvalue weighted by Gasteiger charge is 2.10. The molecule has 1 aromatic carbocycles. The lowest BCUT2D eigenvalue weighted by Gasteiger charge is -2.09. The van der Waals surface area contributed by atoms with Gasteiger partial charge in [-0.1, -0.05) is 35.3 Å². The molecule has 5 nitrogen and oxygen atoms in total. The number of pyridine rings is 1. The molecule has 142 valence electrons. The fraction of sp³-hybridized carbons (Fsp3) is 0.105. The van der Waals surface area contributed by atoms with Gasteiger partial charge in [-0.15, -0.1) is 11.3 Å². The van der Waals surface area contributed by atoms with Crippen LogP contribution in [0.1, 0.15) is 5.56 Å². The summed E-state index contributed by atoms with van der Waals surface area (Å²) in [6.45, 7) is 0.721. The molecule has 0 aliphatic heterocycles. The van der Waals surface area contributed by atoms with Crippen molar-refractivity contribution < 1.29 is 4.74 Å². The number of benzene rings is 1. The summed E-state index contributed by atoms with van der Waals surface area (Å²) in [5.74, 6) is 1.81. The summed E-state index contributed by atoms with van der Waals surface area (Å²) in [7, 11) is 0. The number of fused-ring (bicyclic) bond motifs is 1. The zero-order valence-corrected chi connectivity index (χ0v) is 18.2. The number of hydrogen-bond donors (Lipinski definition) is 1. The van der Waals surface area contributed by atoms with E-state index in [2.05, 4.69) is 36.2 Å². The van der Waals surface area contributed by atoms with Gasteiger partial charge in [-0.05, 0) is 46.1 Å². The molecular weight excluding hydrogens is 483 g/mol. The summed E-state index contributed by atoms with van der Waals surface area (Å²) in [6.07, 6.45) is 4.01. The summed E-state index contributed by atoms with van der Waals surface area (Å²) >= 11 is 17.2. The van der Waals surface area contributed by atoms with Crippen molar-refractivity contribution in [3.8, 4) is 11.6 Å². The van der Waals surface area contributed by atoms with E-state index in [4.69, 9.17) is 27.9 Å². The zero-order valence-electron chi connectivity index (χ0n) is 14.3. The van der Waals surface area contributed by atoms with E-state index in [1.807, 2.05) is 29.6 Å². The van der Waals surface area contributed by atoms with Crippen molar-refractivity contribution >= 4 is 66.5 Å². The fourth-order valence-electron chi connectivity index (χ4n) is 2.61. The highest BCUT2D eigenvalue weighted by Crippen LogP contribution is 2.32. The molecule has 0 saturated carbocycles.